The Labute approximate surface area is 78.9 Å². The molecule has 66 valence electrons. The quantitative estimate of drug-likeness (QED) is 0.284. The summed E-state index contributed by atoms with van der Waals surface area (Å²) in [5, 5.41) is 8.24. The molecule has 0 amide bonds. The zero-order chi connectivity index (χ0) is 9.23. The minimum atomic E-state index is -0.816. The molecule has 0 saturated carbocycles. The second kappa shape index (κ2) is 8.80. The van der Waals surface area contributed by atoms with Crippen LogP contribution in [0.3, 0.4) is 0 Å². The Hall–Kier alpha value is -0.295. The summed E-state index contributed by atoms with van der Waals surface area (Å²) < 4.78 is 9.74. The van der Waals surface area contributed by atoms with Crippen LogP contribution in [0.1, 0.15) is 0 Å². The number of carboxylic acid groups (broad SMARTS) is 1. The maximum absolute atomic E-state index is 10.0. The molecule has 0 radical (unpaired) electrons. The zero-order valence-corrected chi connectivity index (χ0v) is 7.94. The Morgan fingerprint density at radius 2 is 2.33 bits per heavy atom. The zero-order valence-electron chi connectivity index (χ0n) is 6.30. The molecule has 0 fully saturated rings. The predicted octanol–water partition coefficient (Wildman–Crippen LogP) is 0.530. The molecule has 0 unspecified atom stereocenters. The van der Waals surface area contributed by atoms with Crippen molar-refractivity contribution >= 4 is 40.8 Å². The third-order valence-electron chi connectivity index (χ3n) is 0.736. The van der Waals surface area contributed by atoms with Gasteiger partial charge in [0.1, 0.15) is 0 Å². The van der Waals surface area contributed by atoms with E-state index < -0.39 is 5.97 Å². The van der Waals surface area contributed by atoms with E-state index in [0.717, 1.165) is 5.75 Å². The van der Waals surface area contributed by atoms with Crippen molar-refractivity contribution in [2.75, 3.05) is 18.1 Å². The average molecular weight is 205 g/mol. The van der Waals surface area contributed by atoms with E-state index in [1.165, 1.54) is 27.7 Å². The van der Waals surface area contributed by atoms with Gasteiger partial charge in [-0.1, -0.05) is 0 Å². The first-order valence-corrected chi connectivity index (χ1v) is 5.66. The second-order valence-corrected chi connectivity index (χ2v) is 4.25. The SMILES string of the molecule is O=BC=NCCSSCC(=O)O. The van der Waals surface area contributed by atoms with E-state index in [1.807, 2.05) is 0 Å². The van der Waals surface area contributed by atoms with E-state index in [4.69, 9.17) is 5.11 Å². The van der Waals surface area contributed by atoms with E-state index in [9.17, 15) is 9.50 Å². The topological polar surface area (TPSA) is 66.7 Å². The van der Waals surface area contributed by atoms with Crippen molar-refractivity contribution in [3.05, 3.63) is 0 Å². The molecule has 12 heavy (non-hydrogen) atoms. The Balaban J connectivity index is 3.05. The number of rotatable bonds is 7. The standard InChI is InChI=1S/C5H8BNO3S2/c8-5(9)3-12-11-2-1-7-4-6-10/h4H,1-3H2,(H,8,9). The minimum absolute atomic E-state index is 0.0993. The van der Waals surface area contributed by atoms with Crippen LogP contribution in [0.2, 0.25) is 0 Å². The third kappa shape index (κ3) is 9.70. The molecule has 0 atom stereocenters. The van der Waals surface area contributed by atoms with Crippen LogP contribution >= 0.6 is 21.6 Å². The van der Waals surface area contributed by atoms with Gasteiger partial charge in [0.15, 0.2) is 0 Å². The maximum atomic E-state index is 10.0. The molecule has 0 rings (SSSR count). The Morgan fingerprint density at radius 3 is 2.92 bits per heavy atom. The third-order valence-corrected chi connectivity index (χ3v) is 2.97. The van der Waals surface area contributed by atoms with Crippen molar-refractivity contribution in [1.82, 2.24) is 0 Å². The average Bonchev–Trinajstić information content (AvgIpc) is 2.02. The van der Waals surface area contributed by atoms with Gasteiger partial charge >= 0.3 is 78.5 Å². The molecule has 0 aliphatic carbocycles. The molecule has 4 nitrogen and oxygen atoms in total. The normalized spacial score (nSPS) is 10.0. The molecule has 0 heterocycles. The first-order valence-electron chi connectivity index (χ1n) is 3.17. The van der Waals surface area contributed by atoms with Gasteiger partial charge in [-0.05, 0) is 0 Å². The molecule has 0 aromatic heterocycles. The van der Waals surface area contributed by atoms with Gasteiger partial charge in [0.05, 0.1) is 0 Å². The van der Waals surface area contributed by atoms with Gasteiger partial charge in [-0.3, -0.25) is 0 Å². The van der Waals surface area contributed by atoms with Crippen molar-refractivity contribution in [2.24, 2.45) is 4.99 Å². The van der Waals surface area contributed by atoms with Crippen molar-refractivity contribution in [3.8, 4) is 0 Å². The van der Waals surface area contributed by atoms with Crippen LogP contribution in [0, 0.1) is 0 Å². The summed E-state index contributed by atoms with van der Waals surface area (Å²) in [5.74, 6) is 0.00792. The summed E-state index contributed by atoms with van der Waals surface area (Å²) in [5.41, 5.74) is 0. The van der Waals surface area contributed by atoms with Crippen molar-refractivity contribution in [2.45, 2.75) is 0 Å². The van der Waals surface area contributed by atoms with Crippen LogP contribution in [0.15, 0.2) is 4.99 Å². The summed E-state index contributed by atoms with van der Waals surface area (Å²) in [6, 6.07) is 0. The van der Waals surface area contributed by atoms with Crippen LogP contribution in [0.4, 0.5) is 0 Å². The van der Waals surface area contributed by atoms with Gasteiger partial charge in [-0.25, -0.2) is 0 Å². The van der Waals surface area contributed by atoms with Gasteiger partial charge in [0, 0.05) is 0 Å². The van der Waals surface area contributed by atoms with Gasteiger partial charge in [0.2, 0.25) is 0 Å². The molecule has 0 saturated heterocycles. The molecular weight excluding hydrogens is 197 g/mol. The van der Waals surface area contributed by atoms with Gasteiger partial charge in [-0.2, -0.15) is 0 Å². The van der Waals surface area contributed by atoms with Crippen LogP contribution in [-0.4, -0.2) is 42.4 Å². The Morgan fingerprint density at radius 1 is 1.58 bits per heavy atom. The summed E-state index contributed by atoms with van der Waals surface area (Å²) in [6.07, 6.45) is 1.20. The van der Waals surface area contributed by atoms with E-state index in [0.29, 0.717) is 13.7 Å². The predicted molar refractivity (Wildman–Crippen MR) is 52.4 cm³/mol. The molecule has 0 aliphatic rings. The number of aliphatic carboxylic acids is 1. The van der Waals surface area contributed by atoms with Crippen LogP contribution in [0.5, 0.6) is 0 Å². The van der Waals surface area contributed by atoms with Gasteiger partial charge in [-0.15, -0.1) is 0 Å². The van der Waals surface area contributed by atoms with Crippen molar-refractivity contribution in [1.29, 1.82) is 0 Å². The number of carboxylic acids is 1. The molecular formula is C5H8BNO3S2. The van der Waals surface area contributed by atoms with Crippen molar-refractivity contribution in [3.63, 3.8) is 0 Å². The molecule has 0 spiro atoms. The summed E-state index contributed by atoms with van der Waals surface area (Å²) in [6.45, 7) is 0.552. The summed E-state index contributed by atoms with van der Waals surface area (Å²) in [4.78, 5) is 13.8. The fraction of sp³-hybridized carbons (Fsp3) is 0.600. The summed E-state index contributed by atoms with van der Waals surface area (Å²) in [7, 11) is 3.33. The van der Waals surface area contributed by atoms with Crippen LogP contribution in [0.25, 0.3) is 0 Å². The molecule has 0 aromatic rings. The molecule has 0 bridgehead atoms. The molecule has 0 aromatic carbocycles. The summed E-state index contributed by atoms with van der Waals surface area (Å²) >= 11 is 0. The number of aliphatic imine (C=N–C) groups is 1. The second-order valence-electron chi connectivity index (χ2n) is 1.67. The molecule has 0 aliphatic heterocycles. The Bertz CT molecular complexity index is 176. The van der Waals surface area contributed by atoms with Crippen molar-refractivity contribution < 1.29 is 14.6 Å². The van der Waals surface area contributed by atoms with Crippen LogP contribution in [-0.2, 0) is 9.50 Å². The van der Waals surface area contributed by atoms with Gasteiger partial charge in [0.25, 0.3) is 0 Å². The first kappa shape index (κ1) is 11.7. The number of nitrogens with zero attached hydrogens (tertiary/aromatic N) is 1. The fourth-order valence-corrected chi connectivity index (χ4v) is 1.97. The van der Waals surface area contributed by atoms with Crippen LogP contribution < -0.4 is 0 Å². The number of carbonyl (C=O) groups is 1. The van der Waals surface area contributed by atoms with E-state index in [-0.39, 0.29) is 5.75 Å². The number of hydrogen-bond acceptors (Lipinski definition) is 5. The van der Waals surface area contributed by atoms with E-state index in [2.05, 4.69) is 4.99 Å². The molecule has 1 N–H and O–H groups in total. The van der Waals surface area contributed by atoms with Gasteiger partial charge < -0.3 is 0 Å². The Kier molecular flexibility index (Phi) is 8.58. The fourth-order valence-electron chi connectivity index (χ4n) is 0.359. The van der Waals surface area contributed by atoms with E-state index in [1.54, 1.807) is 0 Å². The van der Waals surface area contributed by atoms with E-state index >= 15 is 0 Å². The molecule has 7 heteroatoms. The monoisotopic (exact) mass is 205 g/mol. The first-order chi connectivity index (χ1) is 5.77. The number of hydrogen-bond donors (Lipinski definition) is 1.